The molecule has 0 radical (unpaired) electrons. The number of imidazole rings is 1. The minimum absolute atomic E-state index is 0.0180. The predicted molar refractivity (Wildman–Crippen MR) is 85.4 cm³/mol. The van der Waals surface area contributed by atoms with Gasteiger partial charge in [0.15, 0.2) is 5.69 Å². The van der Waals surface area contributed by atoms with Crippen LogP contribution in [0.3, 0.4) is 0 Å². The first-order valence-corrected chi connectivity index (χ1v) is 7.38. The Bertz CT molecular complexity index is 840. The van der Waals surface area contributed by atoms with Crippen molar-refractivity contribution in [3.63, 3.8) is 0 Å². The molecule has 1 N–H and O–H groups in total. The molecule has 118 valence electrons. The van der Waals surface area contributed by atoms with Crippen LogP contribution in [0.4, 0.5) is 0 Å². The molecule has 1 atom stereocenters. The van der Waals surface area contributed by atoms with Crippen molar-refractivity contribution in [3.8, 4) is 11.1 Å². The lowest BCUT2D eigenvalue weighted by atomic mass is 10.0. The molecule has 2 heterocycles. The van der Waals surface area contributed by atoms with Crippen molar-refractivity contribution in [1.82, 2.24) is 14.4 Å². The fourth-order valence-corrected chi connectivity index (χ4v) is 2.43. The number of hydrogen-bond acceptors (Lipinski definition) is 4. The van der Waals surface area contributed by atoms with E-state index >= 15 is 0 Å². The van der Waals surface area contributed by atoms with E-state index in [1.54, 1.807) is 10.6 Å². The molecule has 0 bridgehead atoms. The highest BCUT2D eigenvalue weighted by molar-refractivity contribution is 5.85. The third-order valence-corrected chi connectivity index (χ3v) is 3.66. The SMILES string of the molecule is CCO[C@@H](C)c1ccc(-c2cnc3nc(C(=O)O)cn3c2)cc1. The van der Waals surface area contributed by atoms with Gasteiger partial charge < -0.3 is 9.84 Å². The Balaban J connectivity index is 1.91. The van der Waals surface area contributed by atoms with Crippen molar-refractivity contribution in [1.29, 1.82) is 0 Å². The molecule has 0 saturated heterocycles. The highest BCUT2D eigenvalue weighted by Crippen LogP contribution is 2.23. The topological polar surface area (TPSA) is 76.7 Å². The van der Waals surface area contributed by atoms with E-state index in [-0.39, 0.29) is 11.8 Å². The molecular formula is C17H17N3O3. The third kappa shape index (κ3) is 3.07. The van der Waals surface area contributed by atoms with Crippen LogP contribution in [0.1, 0.15) is 36.0 Å². The standard InChI is InChI=1S/C17H17N3O3/c1-3-23-11(2)12-4-6-13(7-5-12)14-8-18-17-19-15(16(21)22)10-20(17)9-14/h4-11H,3H2,1-2H3,(H,21,22)/t11-/m0/s1. The number of carbonyl (C=O) groups is 1. The second kappa shape index (κ2) is 6.18. The summed E-state index contributed by atoms with van der Waals surface area (Å²) in [6.45, 7) is 4.67. The molecule has 3 rings (SSSR count). The highest BCUT2D eigenvalue weighted by atomic mass is 16.5. The van der Waals surface area contributed by atoms with Gasteiger partial charge in [-0.1, -0.05) is 24.3 Å². The fraction of sp³-hybridized carbons (Fsp3) is 0.235. The van der Waals surface area contributed by atoms with Crippen LogP contribution in [-0.4, -0.2) is 32.1 Å². The molecular weight excluding hydrogens is 294 g/mol. The molecule has 0 aliphatic heterocycles. The van der Waals surface area contributed by atoms with Crippen molar-refractivity contribution in [2.75, 3.05) is 6.61 Å². The molecule has 3 aromatic rings. The van der Waals surface area contributed by atoms with Crippen LogP contribution in [0.5, 0.6) is 0 Å². The summed E-state index contributed by atoms with van der Waals surface area (Å²) in [5.74, 6) is -0.695. The van der Waals surface area contributed by atoms with Gasteiger partial charge in [-0.3, -0.25) is 4.40 Å². The Hall–Kier alpha value is -2.73. The fourth-order valence-electron chi connectivity index (χ4n) is 2.43. The zero-order valence-electron chi connectivity index (χ0n) is 12.9. The van der Waals surface area contributed by atoms with E-state index in [1.807, 2.05) is 44.3 Å². The monoisotopic (exact) mass is 311 g/mol. The van der Waals surface area contributed by atoms with Gasteiger partial charge in [0.2, 0.25) is 5.78 Å². The van der Waals surface area contributed by atoms with Crippen LogP contribution in [0.25, 0.3) is 16.9 Å². The number of ether oxygens (including phenoxy) is 1. The summed E-state index contributed by atoms with van der Waals surface area (Å²) in [4.78, 5) is 19.1. The van der Waals surface area contributed by atoms with E-state index in [9.17, 15) is 4.79 Å². The van der Waals surface area contributed by atoms with Gasteiger partial charge in [-0.05, 0) is 25.0 Å². The van der Waals surface area contributed by atoms with Gasteiger partial charge >= 0.3 is 5.97 Å². The molecule has 23 heavy (non-hydrogen) atoms. The van der Waals surface area contributed by atoms with Crippen LogP contribution in [-0.2, 0) is 4.74 Å². The summed E-state index contributed by atoms with van der Waals surface area (Å²) in [5, 5.41) is 8.98. The summed E-state index contributed by atoms with van der Waals surface area (Å²) < 4.78 is 7.20. The van der Waals surface area contributed by atoms with Crippen molar-refractivity contribution >= 4 is 11.7 Å². The molecule has 0 saturated carbocycles. The van der Waals surface area contributed by atoms with E-state index in [0.717, 1.165) is 16.7 Å². The molecule has 0 amide bonds. The maximum atomic E-state index is 11.0. The minimum atomic E-state index is -1.06. The molecule has 0 fully saturated rings. The van der Waals surface area contributed by atoms with Crippen molar-refractivity contribution in [3.05, 3.63) is 54.1 Å². The largest absolute Gasteiger partial charge is 0.476 e. The third-order valence-electron chi connectivity index (χ3n) is 3.66. The second-order valence-corrected chi connectivity index (χ2v) is 5.20. The quantitative estimate of drug-likeness (QED) is 0.783. The molecule has 0 aliphatic carbocycles. The van der Waals surface area contributed by atoms with Crippen molar-refractivity contribution in [2.45, 2.75) is 20.0 Å². The Labute approximate surface area is 133 Å². The summed E-state index contributed by atoms with van der Waals surface area (Å²) in [6.07, 6.45) is 5.03. The first-order valence-electron chi connectivity index (χ1n) is 7.38. The predicted octanol–water partition coefficient (Wildman–Crippen LogP) is 3.19. The summed E-state index contributed by atoms with van der Waals surface area (Å²) in [6, 6.07) is 8.05. The number of aromatic nitrogens is 3. The number of rotatable bonds is 5. The maximum Gasteiger partial charge on any atom is 0.356 e. The first-order chi connectivity index (χ1) is 11.1. The zero-order valence-corrected chi connectivity index (χ0v) is 12.9. The van der Waals surface area contributed by atoms with E-state index in [4.69, 9.17) is 9.84 Å². The number of carboxylic acids is 1. The minimum Gasteiger partial charge on any atom is -0.476 e. The van der Waals surface area contributed by atoms with Crippen LogP contribution < -0.4 is 0 Å². The number of hydrogen-bond donors (Lipinski definition) is 1. The maximum absolute atomic E-state index is 11.0. The molecule has 1 aromatic carbocycles. The number of nitrogens with zero attached hydrogens (tertiary/aromatic N) is 3. The normalized spacial score (nSPS) is 12.4. The molecule has 6 heteroatoms. The average Bonchev–Trinajstić information content (AvgIpc) is 2.98. The van der Waals surface area contributed by atoms with Gasteiger partial charge in [-0.2, -0.15) is 0 Å². The zero-order chi connectivity index (χ0) is 16.4. The van der Waals surface area contributed by atoms with Crippen LogP contribution in [0, 0.1) is 0 Å². The lowest BCUT2D eigenvalue weighted by molar-refractivity contribution is 0.0691. The molecule has 0 unspecified atom stereocenters. The van der Waals surface area contributed by atoms with Crippen molar-refractivity contribution in [2.24, 2.45) is 0 Å². The molecule has 0 aliphatic rings. The van der Waals surface area contributed by atoms with E-state index in [0.29, 0.717) is 12.4 Å². The van der Waals surface area contributed by atoms with E-state index in [1.165, 1.54) is 6.20 Å². The van der Waals surface area contributed by atoms with Crippen LogP contribution in [0.2, 0.25) is 0 Å². The molecule has 2 aromatic heterocycles. The number of aromatic carboxylic acids is 1. The van der Waals surface area contributed by atoms with E-state index < -0.39 is 5.97 Å². The van der Waals surface area contributed by atoms with Crippen molar-refractivity contribution < 1.29 is 14.6 Å². The van der Waals surface area contributed by atoms with Crippen LogP contribution >= 0.6 is 0 Å². The van der Waals surface area contributed by atoms with Gasteiger partial charge in [-0.15, -0.1) is 0 Å². The lowest BCUT2D eigenvalue weighted by Gasteiger charge is -2.12. The molecule has 6 nitrogen and oxygen atoms in total. The van der Waals surface area contributed by atoms with Crippen LogP contribution in [0.15, 0.2) is 42.9 Å². The molecule has 0 spiro atoms. The Morgan fingerprint density at radius 1 is 1.26 bits per heavy atom. The Morgan fingerprint density at radius 3 is 2.65 bits per heavy atom. The number of fused-ring (bicyclic) bond motifs is 1. The van der Waals surface area contributed by atoms with Gasteiger partial charge in [0.05, 0.1) is 6.10 Å². The Morgan fingerprint density at radius 2 is 2.00 bits per heavy atom. The first kappa shape index (κ1) is 15.2. The van der Waals surface area contributed by atoms with Gasteiger partial charge in [-0.25, -0.2) is 14.8 Å². The lowest BCUT2D eigenvalue weighted by Crippen LogP contribution is -1.99. The smallest absolute Gasteiger partial charge is 0.356 e. The van der Waals surface area contributed by atoms with E-state index in [2.05, 4.69) is 9.97 Å². The summed E-state index contributed by atoms with van der Waals surface area (Å²) in [7, 11) is 0. The Kier molecular flexibility index (Phi) is 4.08. The number of carboxylic acid groups (broad SMARTS) is 1. The second-order valence-electron chi connectivity index (χ2n) is 5.20. The average molecular weight is 311 g/mol. The van der Waals surface area contributed by atoms with Gasteiger partial charge in [0.1, 0.15) is 0 Å². The summed E-state index contributed by atoms with van der Waals surface area (Å²) >= 11 is 0. The number of benzene rings is 1. The van der Waals surface area contributed by atoms with Gasteiger partial charge in [0.25, 0.3) is 0 Å². The highest BCUT2D eigenvalue weighted by Gasteiger charge is 2.10. The summed E-state index contributed by atoms with van der Waals surface area (Å²) in [5.41, 5.74) is 2.98. The van der Waals surface area contributed by atoms with Gasteiger partial charge in [0, 0.05) is 30.8 Å².